The molecule has 0 fully saturated rings. The minimum Gasteiger partial charge on any atom is -0.166 e. The van der Waals surface area contributed by atoms with Gasteiger partial charge in [0.05, 0.1) is 5.56 Å². The first-order valence-corrected chi connectivity index (χ1v) is 3.47. The van der Waals surface area contributed by atoms with E-state index in [2.05, 4.69) is 6.07 Å². The first kappa shape index (κ1) is 9.10. The van der Waals surface area contributed by atoms with Crippen LogP contribution >= 0.6 is 0 Å². The summed E-state index contributed by atoms with van der Waals surface area (Å²) in [4.78, 5) is 0. The Morgan fingerprint density at radius 2 is 1.50 bits per heavy atom. The molecule has 0 nitrogen and oxygen atoms in total. The maximum Gasteiger partial charge on any atom is 0.416 e. The Balaban J connectivity index is 3.18. The average Bonchev–Trinajstić information content (AvgIpc) is 1.82. The van der Waals surface area contributed by atoms with Crippen LogP contribution in [-0.2, 0) is 6.18 Å². The van der Waals surface area contributed by atoms with Crippen LogP contribution in [0.15, 0.2) is 12.1 Å². The summed E-state index contributed by atoms with van der Waals surface area (Å²) < 4.78 is 36.4. The van der Waals surface area contributed by atoms with Crippen LogP contribution in [-0.4, -0.2) is 0 Å². The molecule has 12 heavy (non-hydrogen) atoms. The van der Waals surface area contributed by atoms with E-state index in [4.69, 9.17) is 0 Å². The third-order valence-electron chi connectivity index (χ3n) is 1.47. The molecule has 1 aromatic rings. The zero-order valence-electron chi connectivity index (χ0n) is 6.79. The highest BCUT2D eigenvalue weighted by atomic mass is 19.4. The average molecular weight is 173 g/mol. The highest BCUT2D eigenvalue weighted by molar-refractivity contribution is 5.29. The quantitative estimate of drug-likeness (QED) is 0.565. The summed E-state index contributed by atoms with van der Waals surface area (Å²) in [7, 11) is 0. The molecule has 0 aliphatic heterocycles. The number of halogens is 3. The van der Waals surface area contributed by atoms with E-state index >= 15 is 0 Å². The molecule has 0 saturated heterocycles. The lowest BCUT2D eigenvalue weighted by Crippen LogP contribution is -2.05. The molecule has 65 valence electrons. The largest absolute Gasteiger partial charge is 0.416 e. The maximum absolute atomic E-state index is 12.1. The van der Waals surface area contributed by atoms with Crippen LogP contribution in [0.5, 0.6) is 0 Å². The Labute approximate surface area is 69.0 Å². The van der Waals surface area contributed by atoms with Crippen molar-refractivity contribution in [2.45, 2.75) is 20.0 Å². The van der Waals surface area contributed by atoms with Gasteiger partial charge >= 0.3 is 6.18 Å². The van der Waals surface area contributed by atoms with Crippen LogP contribution < -0.4 is 0 Å². The molecule has 0 aromatic heterocycles. The van der Waals surface area contributed by atoms with Crippen LogP contribution in [0.25, 0.3) is 0 Å². The normalized spacial score (nSPS) is 11.8. The molecule has 1 rings (SSSR count). The number of hydrogen-bond acceptors (Lipinski definition) is 0. The van der Waals surface area contributed by atoms with Gasteiger partial charge in [-0.2, -0.15) is 13.2 Å². The Hall–Kier alpha value is -0.990. The van der Waals surface area contributed by atoms with Gasteiger partial charge in [-0.1, -0.05) is 0 Å². The number of rotatable bonds is 0. The van der Waals surface area contributed by atoms with E-state index in [0.29, 0.717) is 11.1 Å². The number of hydrogen-bond donors (Lipinski definition) is 0. The predicted octanol–water partition coefficient (Wildman–Crippen LogP) is 3.12. The zero-order valence-corrected chi connectivity index (χ0v) is 6.79. The van der Waals surface area contributed by atoms with E-state index in [-0.39, 0.29) is 0 Å². The lowest BCUT2D eigenvalue weighted by atomic mass is 10.1. The van der Waals surface area contributed by atoms with Crippen molar-refractivity contribution in [1.29, 1.82) is 0 Å². The van der Waals surface area contributed by atoms with Gasteiger partial charge in [-0.05, 0) is 43.2 Å². The molecule has 1 aromatic carbocycles. The van der Waals surface area contributed by atoms with Crippen molar-refractivity contribution in [3.63, 3.8) is 0 Å². The molecule has 0 spiro atoms. The highest BCUT2D eigenvalue weighted by Crippen LogP contribution is 2.30. The summed E-state index contributed by atoms with van der Waals surface area (Å²) in [6, 6.07) is 4.96. The van der Waals surface area contributed by atoms with Gasteiger partial charge in [0.15, 0.2) is 0 Å². The topological polar surface area (TPSA) is 0 Å². The Kier molecular flexibility index (Phi) is 2.13. The predicted molar refractivity (Wildman–Crippen MR) is 39.8 cm³/mol. The van der Waals surface area contributed by atoms with Crippen molar-refractivity contribution in [3.05, 3.63) is 34.9 Å². The van der Waals surface area contributed by atoms with Crippen molar-refractivity contribution in [2.75, 3.05) is 0 Å². The van der Waals surface area contributed by atoms with E-state index in [1.54, 1.807) is 13.8 Å². The summed E-state index contributed by atoms with van der Waals surface area (Å²) in [6.07, 6.45) is -4.25. The summed E-state index contributed by atoms with van der Waals surface area (Å²) in [6.45, 7) is 3.20. The van der Waals surface area contributed by atoms with E-state index in [1.165, 1.54) is 0 Å². The van der Waals surface area contributed by atoms with Crippen LogP contribution in [0.2, 0.25) is 0 Å². The third-order valence-corrected chi connectivity index (χ3v) is 1.47. The molecule has 0 N–H and O–H groups in total. The molecule has 0 atom stereocenters. The third kappa shape index (κ3) is 2.00. The van der Waals surface area contributed by atoms with Crippen molar-refractivity contribution in [3.8, 4) is 0 Å². The highest BCUT2D eigenvalue weighted by Gasteiger charge is 2.30. The van der Waals surface area contributed by atoms with Gasteiger partial charge in [0, 0.05) is 0 Å². The van der Waals surface area contributed by atoms with Crippen LogP contribution in [0, 0.1) is 19.9 Å². The molecule has 0 heterocycles. The van der Waals surface area contributed by atoms with Crippen LogP contribution in [0.1, 0.15) is 16.7 Å². The fraction of sp³-hybridized carbons (Fsp3) is 0.333. The van der Waals surface area contributed by atoms with Crippen LogP contribution in [0.4, 0.5) is 13.2 Å². The lowest BCUT2D eigenvalue weighted by molar-refractivity contribution is -0.137. The van der Waals surface area contributed by atoms with Gasteiger partial charge in [0.25, 0.3) is 0 Å². The SMILES string of the molecule is Cc1[c]c(C)cc(C(F)(F)F)c1. The van der Waals surface area contributed by atoms with Crippen LogP contribution in [0.3, 0.4) is 0 Å². The molecule has 0 aliphatic carbocycles. The second-order valence-electron chi connectivity index (χ2n) is 2.73. The minimum atomic E-state index is -4.25. The summed E-state index contributed by atoms with van der Waals surface area (Å²) in [5, 5.41) is 0. The summed E-state index contributed by atoms with van der Waals surface area (Å²) in [5.41, 5.74) is 0.431. The van der Waals surface area contributed by atoms with Gasteiger partial charge in [-0.3, -0.25) is 0 Å². The smallest absolute Gasteiger partial charge is 0.166 e. The zero-order chi connectivity index (χ0) is 9.35. The standard InChI is InChI=1S/C9H8F3/c1-6-3-7(2)5-8(4-6)9(10,11)12/h4-5H,1-2H3. The molecule has 1 radical (unpaired) electrons. The van der Waals surface area contributed by atoms with Gasteiger partial charge in [0.1, 0.15) is 0 Å². The van der Waals surface area contributed by atoms with Gasteiger partial charge in [0.2, 0.25) is 0 Å². The molecule has 0 aliphatic rings. The van der Waals surface area contributed by atoms with Crippen molar-refractivity contribution >= 4 is 0 Å². The van der Waals surface area contributed by atoms with Crippen molar-refractivity contribution < 1.29 is 13.2 Å². The summed E-state index contributed by atoms with van der Waals surface area (Å²) >= 11 is 0. The second-order valence-corrected chi connectivity index (χ2v) is 2.73. The van der Waals surface area contributed by atoms with E-state index in [9.17, 15) is 13.2 Å². The molecule has 0 saturated carbocycles. The summed E-state index contributed by atoms with van der Waals surface area (Å²) in [5.74, 6) is 0. The number of aryl methyl sites for hydroxylation is 2. The first-order chi connectivity index (χ1) is 5.39. The molecule has 0 amide bonds. The Bertz CT molecular complexity index is 266. The first-order valence-electron chi connectivity index (χ1n) is 3.47. The Morgan fingerprint density at radius 3 is 1.83 bits per heavy atom. The molecular formula is C9H8F3. The molecule has 0 unspecified atom stereocenters. The fourth-order valence-corrected chi connectivity index (χ4v) is 1.06. The fourth-order valence-electron chi connectivity index (χ4n) is 1.06. The second kappa shape index (κ2) is 2.81. The molecular weight excluding hydrogens is 165 g/mol. The van der Waals surface area contributed by atoms with Gasteiger partial charge in [-0.15, -0.1) is 0 Å². The maximum atomic E-state index is 12.1. The molecule has 3 heteroatoms. The van der Waals surface area contributed by atoms with Crippen molar-refractivity contribution in [1.82, 2.24) is 0 Å². The molecule has 0 bridgehead atoms. The van der Waals surface area contributed by atoms with E-state index < -0.39 is 11.7 Å². The Morgan fingerprint density at radius 1 is 1.08 bits per heavy atom. The monoisotopic (exact) mass is 173 g/mol. The minimum absolute atomic E-state index is 0.516. The number of alkyl halides is 3. The van der Waals surface area contributed by atoms with Gasteiger partial charge < -0.3 is 0 Å². The van der Waals surface area contributed by atoms with Crippen molar-refractivity contribution in [2.24, 2.45) is 0 Å². The van der Waals surface area contributed by atoms with E-state index in [1.807, 2.05) is 0 Å². The lowest BCUT2D eigenvalue weighted by Gasteiger charge is -2.07. The number of benzene rings is 1. The van der Waals surface area contributed by atoms with Gasteiger partial charge in [-0.25, -0.2) is 0 Å². The van der Waals surface area contributed by atoms with E-state index in [0.717, 1.165) is 12.1 Å².